The number of rotatable bonds is 2. The third kappa shape index (κ3) is 4.88. The van der Waals surface area contributed by atoms with Crippen LogP contribution in [0.15, 0.2) is 17.8 Å². The van der Waals surface area contributed by atoms with Gasteiger partial charge < -0.3 is 5.32 Å². The Labute approximate surface area is 48.1 Å². The van der Waals surface area contributed by atoms with Crippen LogP contribution in [0.3, 0.4) is 0 Å². The second kappa shape index (κ2) is 4.05. The summed E-state index contributed by atoms with van der Waals surface area (Å²) >= 11 is 0. The average Bonchev–Trinajstić information content (AvgIpc) is 1.66. The van der Waals surface area contributed by atoms with E-state index in [0.29, 0.717) is 0 Å². The third-order valence-corrected chi connectivity index (χ3v) is 0.448. The van der Waals surface area contributed by atoms with E-state index in [4.69, 9.17) is 0 Å². The van der Waals surface area contributed by atoms with E-state index in [2.05, 4.69) is 16.9 Å². The molecular weight excluding hydrogens is 104 g/mol. The minimum Gasteiger partial charge on any atom is -0.317 e. The summed E-state index contributed by atoms with van der Waals surface area (Å²) in [6.07, 6.45) is 2.63. The lowest BCUT2D eigenvalue weighted by Gasteiger charge is -1.84. The predicted octanol–water partition coefficient (Wildman–Crippen LogP) is 0.294. The summed E-state index contributed by atoms with van der Waals surface area (Å²) < 4.78 is 0. The fourth-order valence-electron chi connectivity index (χ4n) is 0.181. The largest absolute Gasteiger partial charge is 0.317 e. The van der Waals surface area contributed by atoms with Gasteiger partial charge in [0, 0.05) is 13.1 Å². The molecule has 3 heteroatoms. The molecule has 0 aliphatic carbocycles. The van der Waals surface area contributed by atoms with Gasteiger partial charge in [-0.3, -0.25) is 4.79 Å². The zero-order valence-electron chi connectivity index (χ0n) is 4.72. The molecule has 0 rings (SSSR count). The molecule has 0 saturated heterocycles. The van der Waals surface area contributed by atoms with Gasteiger partial charge in [0.2, 0.25) is 5.91 Å². The second-order valence-electron chi connectivity index (χ2n) is 1.16. The highest BCUT2D eigenvalue weighted by molar-refractivity contribution is 5.85. The maximum Gasteiger partial charge on any atom is 0.221 e. The van der Waals surface area contributed by atoms with Crippen molar-refractivity contribution >= 4 is 12.2 Å². The van der Waals surface area contributed by atoms with Gasteiger partial charge in [0.1, 0.15) is 0 Å². The molecule has 8 heavy (non-hydrogen) atoms. The molecule has 0 heterocycles. The molecule has 44 valence electrons. The Balaban J connectivity index is 3.29. The van der Waals surface area contributed by atoms with Crippen molar-refractivity contribution in [3.8, 4) is 0 Å². The van der Waals surface area contributed by atoms with Gasteiger partial charge in [-0.25, -0.2) is 4.99 Å². The molecule has 0 aromatic carbocycles. The minimum absolute atomic E-state index is 0.129. The molecule has 0 atom stereocenters. The highest BCUT2D eigenvalue weighted by Crippen LogP contribution is 1.60. The normalized spacial score (nSPS) is 9.12. The van der Waals surface area contributed by atoms with E-state index < -0.39 is 0 Å². The Morgan fingerprint density at radius 1 is 1.88 bits per heavy atom. The van der Waals surface area contributed by atoms with Gasteiger partial charge >= 0.3 is 0 Å². The number of hydrogen-bond acceptors (Lipinski definition) is 2. The van der Waals surface area contributed by atoms with Crippen LogP contribution >= 0.6 is 0 Å². The summed E-state index contributed by atoms with van der Waals surface area (Å²) in [7, 11) is 0. The van der Waals surface area contributed by atoms with E-state index in [1.54, 1.807) is 0 Å². The van der Waals surface area contributed by atoms with Gasteiger partial charge in [-0.1, -0.05) is 6.58 Å². The monoisotopic (exact) mass is 112 g/mol. The van der Waals surface area contributed by atoms with E-state index >= 15 is 0 Å². The van der Waals surface area contributed by atoms with Crippen molar-refractivity contribution < 1.29 is 4.79 Å². The van der Waals surface area contributed by atoms with E-state index in [1.807, 2.05) is 0 Å². The molecule has 0 spiro atoms. The van der Waals surface area contributed by atoms with Crippen LogP contribution in [-0.2, 0) is 4.79 Å². The molecule has 0 saturated carbocycles. The summed E-state index contributed by atoms with van der Waals surface area (Å²) in [6, 6.07) is 0. The van der Waals surface area contributed by atoms with Crippen LogP contribution in [0.2, 0.25) is 0 Å². The number of carbonyl (C=O) groups excluding carboxylic acids is 1. The summed E-state index contributed by atoms with van der Waals surface area (Å²) in [5, 5.41) is 2.34. The molecule has 0 aliphatic heterocycles. The average molecular weight is 112 g/mol. The third-order valence-electron chi connectivity index (χ3n) is 0.448. The van der Waals surface area contributed by atoms with Gasteiger partial charge in [0.05, 0.1) is 6.34 Å². The lowest BCUT2D eigenvalue weighted by molar-refractivity contribution is -0.117. The number of nitrogens with one attached hydrogen (secondary N) is 1. The summed E-state index contributed by atoms with van der Waals surface area (Å²) in [5.41, 5.74) is 0. The topological polar surface area (TPSA) is 41.5 Å². The van der Waals surface area contributed by atoms with Crippen LogP contribution in [-0.4, -0.2) is 12.2 Å². The lowest BCUT2D eigenvalue weighted by Crippen LogP contribution is -2.16. The Hall–Kier alpha value is -1.12. The standard InChI is InChI=1S/C5H8N2O/c1-3-6-4-7-5(2)8/h3-4H,1H2,2H3,(H,6,7,8). The molecule has 0 radical (unpaired) electrons. The van der Waals surface area contributed by atoms with Crippen molar-refractivity contribution in [3.05, 3.63) is 12.8 Å². The molecule has 0 bridgehead atoms. The first-order valence-electron chi connectivity index (χ1n) is 2.17. The maximum atomic E-state index is 10.1. The van der Waals surface area contributed by atoms with Crippen molar-refractivity contribution in [2.75, 3.05) is 0 Å². The van der Waals surface area contributed by atoms with Crippen molar-refractivity contribution in [2.24, 2.45) is 4.99 Å². The molecule has 0 aliphatic rings. The molecular formula is C5H8N2O. The maximum absolute atomic E-state index is 10.1. The number of hydrogen-bond donors (Lipinski definition) is 1. The van der Waals surface area contributed by atoms with Gasteiger partial charge in [0.15, 0.2) is 0 Å². The Morgan fingerprint density at radius 3 is 2.88 bits per heavy atom. The fraction of sp³-hybridized carbons (Fsp3) is 0.200. The molecule has 0 aromatic rings. The SMILES string of the molecule is C=CN=CNC(C)=O. The minimum atomic E-state index is -0.129. The van der Waals surface area contributed by atoms with Gasteiger partial charge in [0.25, 0.3) is 0 Å². The zero-order chi connectivity index (χ0) is 6.41. The quantitative estimate of drug-likeness (QED) is 0.405. The fourth-order valence-corrected chi connectivity index (χ4v) is 0.181. The number of nitrogens with zero attached hydrogens (tertiary/aromatic N) is 1. The van der Waals surface area contributed by atoms with Crippen molar-refractivity contribution in [3.63, 3.8) is 0 Å². The van der Waals surface area contributed by atoms with Gasteiger partial charge in [-0.2, -0.15) is 0 Å². The molecule has 3 nitrogen and oxygen atoms in total. The Bertz CT molecular complexity index is 118. The zero-order valence-corrected chi connectivity index (χ0v) is 4.72. The highest BCUT2D eigenvalue weighted by Gasteiger charge is 1.78. The molecule has 0 aromatic heterocycles. The summed E-state index contributed by atoms with van der Waals surface area (Å²) in [5.74, 6) is -0.129. The molecule has 0 fully saturated rings. The molecule has 1 amide bonds. The first-order valence-corrected chi connectivity index (χ1v) is 2.17. The predicted molar refractivity (Wildman–Crippen MR) is 32.5 cm³/mol. The van der Waals surface area contributed by atoms with Crippen LogP contribution in [0.1, 0.15) is 6.92 Å². The van der Waals surface area contributed by atoms with E-state index in [9.17, 15) is 4.79 Å². The number of carbonyl (C=O) groups is 1. The Kier molecular flexibility index (Phi) is 3.48. The van der Waals surface area contributed by atoms with Crippen LogP contribution in [0.4, 0.5) is 0 Å². The van der Waals surface area contributed by atoms with Gasteiger partial charge in [-0.05, 0) is 0 Å². The van der Waals surface area contributed by atoms with E-state index in [0.717, 1.165) is 0 Å². The smallest absolute Gasteiger partial charge is 0.221 e. The van der Waals surface area contributed by atoms with Crippen LogP contribution in [0.25, 0.3) is 0 Å². The van der Waals surface area contributed by atoms with Gasteiger partial charge in [-0.15, -0.1) is 0 Å². The van der Waals surface area contributed by atoms with Crippen LogP contribution in [0.5, 0.6) is 0 Å². The van der Waals surface area contributed by atoms with Crippen LogP contribution < -0.4 is 5.32 Å². The number of amides is 1. The van der Waals surface area contributed by atoms with Crippen molar-refractivity contribution in [1.29, 1.82) is 0 Å². The summed E-state index contributed by atoms with van der Waals surface area (Å²) in [4.78, 5) is 13.6. The lowest BCUT2D eigenvalue weighted by atomic mass is 10.7. The highest BCUT2D eigenvalue weighted by atomic mass is 16.1. The molecule has 1 N–H and O–H groups in total. The second-order valence-corrected chi connectivity index (χ2v) is 1.16. The van der Waals surface area contributed by atoms with Crippen molar-refractivity contribution in [1.82, 2.24) is 5.32 Å². The first-order chi connectivity index (χ1) is 3.77. The van der Waals surface area contributed by atoms with Crippen LogP contribution in [0, 0.1) is 0 Å². The van der Waals surface area contributed by atoms with Crippen molar-refractivity contribution in [2.45, 2.75) is 6.92 Å². The van der Waals surface area contributed by atoms with E-state index in [1.165, 1.54) is 19.5 Å². The summed E-state index contributed by atoms with van der Waals surface area (Å²) in [6.45, 7) is 4.72. The molecule has 0 unspecified atom stereocenters. The number of aliphatic imine (C=N–C) groups is 1. The van der Waals surface area contributed by atoms with E-state index in [-0.39, 0.29) is 5.91 Å². The first kappa shape index (κ1) is 6.88. The Morgan fingerprint density at radius 2 is 2.50 bits per heavy atom.